The van der Waals surface area contributed by atoms with Gasteiger partial charge < -0.3 is 5.73 Å². The lowest BCUT2D eigenvalue weighted by atomic mass is 10.1. The molecule has 1 aromatic carbocycles. The van der Waals surface area contributed by atoms with E-state index < -0.39 is 18.9 Å². The number of thioether (sulfide) groups is 1. The van der Waals surface area contributed by atoms with Crippen LogP contribution in [0.2, 0.25) is 0 Å². The first-order valence-corrected chi connectivity index (χ1v) is 5.53. The van der Waals surface area contributed by atoms with Crippen LogP contribution in [-0.4, -0.2) is 18.7 Å². The van der Waals surface area contributed by atoms with Crippen molar-refractivity contribution in [2.24, 2.45) is 5.73 Å². The number of alkyl halides is 4. The Bertz CT molecular complexity index is 326. The molecule has 0 saturated carbocycles. The summed E-state index contributed by atoms with van der Waals surface area (Å²) in [6.45, 7) is -0.767. The van der Waals surface area contributed by atoms with Gasteiger partial charge in [0.25, 0.3) is 5.92 Å². The van der Waals surface area contributed by atoms with Crippen LogP contribution in [0.4, 0.5) is 17.6 Å². The quantitative estimate of drug-likeness (QED) is 0.644. The molecule has 1 rings (SSSR count). The summed E-state index contributed by atoms with van der Waals surface area (Å²) in [5.41, 5.74) is 4.72. The molecule has 0 aliphatic rings. The van der Waals surface area contributed by atoms with E-state index in [4.69, 9.17) is 5.73 Å². The third kappa shape index (κ3) is 3.68. The minimum atomic E-state index is -3.06. The second-order valence-corrected chi connectivity index (χ2v) is 4.23. The minimum absolute atomic E-state index is 0.198. The Morgan fingerprint density at radius 3 is 2.19 bits per heavy atom. The van der Waals surface area contributed by atoms with Crippen LogP contribution < -0.4 is 5.73 Å². The van der Waals surface area contributed by atoms with Crippen LogP contribution >= 0.6 is 11.8 Å². The van der Waals surface area contributed by atoms with Crippen molar-refractivity contribution in [2.45, 2.75) is 17.2 Å². The number of nitrogens with two attached hydrogens (primary N) is 1. The van der Waals surface area contributed by atoms with E-state index in [2.05, 4.69) is 0 Å². The highest BCUT2D eigenvalue weighted by Gasteiger charge is 2.29. The average molecular weight is 253 g/mol. The van der Waals surface area contributed by atoms with Crippen molar-refractivity contribution >= 4 is 11.8 Å². The van der Waals surface area contributed by atoms with Crippen LogP contribution in [0, 0.1) is 0 Å². The number of halogens is 4. The zero-order valence-corrected chi connectivity index (χ0v) is 9.11. The molecule has 0 unspecified atom stereocenters. The Balaban J connectivity index is 2.68. The van der Waals surface area contributed by atoms with Gasteiger partial charge in [0.15, 0.2) is 0 Å². The van der Waals surface area contributed by atoms with Crippen molar-refractivity contribution in [3.8, 4) is 0 Å². The van der Waals surface area contributed by atoms with E-state index in [9.17, 15) is 17.6 Å². The zero-order chi connectivity index (χ0) is 12.2. The number of hydrogen-bond acceptors (Lipinski definition) is 2. The highest BCUT2D eigenvalue weighted by atomic mass is 32.2. The van der Waals surface area contributed by atoms with Gasteiger partial charge in [0.1, 0.15) is 0 Å². The van der Waals surface area contributed by atoms with Gasteiger partial charge in [-0.1, -0.05) is 12.1 Å². The maximum absolute atomic E-state index is 13.1. The van der Waals surface area contributed by atoms with Crippen molar-refractivity contribution in [3.05, 3.63) is 29.8 Å². The van der Waals surface area contributed by atoms with Crippen molar-refractivity contribution in [2.75, 3.05) is 12.3 Å². The Labute approximate surface area is 95.0 Å². The van der Waals surface area contributed by atoms with E-state index in [1.54, 1.807) is 0 Å². The second kappa shape index (κ2) is 5.54. The zero-order valence-electron chi connectivity index (χ0n) is 8.30. The lowest BCUT2D eigenvalue weighted by Gasteiger charge is -2.14. The van der Waals surface area contributed by atoms with Crippen LogP contribution in [0.25, 0.3) is 0 Å². The second-order valence-electron chi connectivity index (χ2n) is 3.14. The maximum atomic E-state index is 13.1. The summed E-state index contributed by atoms with van der Waals surface area (Å²) in [6.07, 6.45) is -2.41. The molecule has 0 bridgehead atoms. The summed E-state index contributed by atoms with van der Waals surface area (Å²) >= 11 is 0.929. The molecule has 16 heavy (non-hydrogen) atoms. The first-order chi connectivity index (χ1) is 7.45. The van der Waals surface area contributed by atoms with E-state index in [0.29, 0.717) is 4.90 Å². The highest BCUT2D eigenvalue weighted by Crippen LogP contribution is 2.28. The molecule has 2 N–H and O–H groups in total. The third-order valence-corrected chi connectivity index (χ3v) is 2.93. The first-order valence-electron chi connectivity index (χ1n) is 4.55. The standard InChI is InChI=1S/C10H11F4NS/c11-9(12)5-16-8-3-1-7(2-4-8)10(13,14)6-15/h1-4,9H,5-6,15H2. The molecular formula is C10H11F4NS. The maximum Gasteiger partial charge on any atom is 0.285 e. The Morgan fingerprint density at radius 2 is 1.75 bits per heavy atom. The molecule has 6 heteroatoms. The average Bonchev–Trinajstić information content (AvgIpc) is 2.27. The monoisotopic (exact) mass is 253 g/mol. The van der Waals surface area contributed by atoms with Crippen LogP contribution in [0.1, 0.15) is 5.56 Å². The van der Waals surface area contributed by atoms with Crippen molar-refractivity contribution in [1.82, 2.24) is 0 Å². The normalized spacial score (nSPS) is 12.1. The molecule has 0 amide bonds. The van der Waals surface area contributed by atoms with Gasteiger partial charge in [0.05, 0.1) is 12.3 Å². The van der Waals surface area contributed by atoms with Gasteiger partial charge in [-0.25, -0.2) is 8.78 Å². The van der Waals surface area contributed by atoms with Crippen LogP contribution in [0.15, 0.2) is 29.2 Å². The van der Waals surface area contributed by atoms with Crippen LogP contribution in [0.5, 0.6) is 0 Å². The molecule has 1 nitrogen and oxygen atoms in total. The molecule has 0 saturated heterocycles. The molecule has 0 heterocycles. The Kier molecular flexibility index (Phi) is 4.61. The first kappa shape index (κ1) is 13.3. The van der Waals surface area contributed by atoms with E-state index in [-0.39, 0.29) is 11.3 Å². The predicted octanol–water partition coefficient (Wildman–Crippen LogP) is 3.09. The van der Waals surface area contributed by atoms with E-state index >= 15 is 0 Å². The number of rotatable bonds is 5. The lowest BCUT2D eigenvalue weighted by molar-refractivity contribution is 0.00590. The summed E-state index contributed by atoms with van der Waals surface area (Å²) in [5.74, 6) is -3.40. The van der Waals surface area contributed by atoms with E-state index in [1.165, 1.54) is 24.3 Å². The smallest absolute Gasteiger partial charge is 0.285 e. The number of hydrogen-bond donors (Lipinski definition) is 1. The predicted molar refractivity (Wildman–Crippen MR) is 56.1 cm³/mol. The van der Waals surface area contributed by atoms with Gasteiger partial charge in [-0.15, -0.1) is 11.8 Å². The molecule has 0 spiro atoms. The van der Waals surface area contributed by atoms with Crippen molar-refractivity contribution in [3.63, 3.8) is 0 Å². The summed E-state index contributed by atoms with van der Waals surface area (Å²) < 4.78 is 49.9. The topological polar surface area (TPSA) is 26.0 Å². The molecular weight excluding hydrogens is 242 g/mol. The van der Waals surface area contributed by atoms with Gasteiger partial charge in [-0.3, -0.25) is 0 Å². The van der Waals surface area contributed by atoms with E-state index in [1.807, 2.05) is 0 Å². The highest BCUT2D eigenvalue weighted by molar-refractivity contribution is 7.99. The Hall–Kier alpha value is -0.750. The Morgan fingerprint density at radius 1 is 1.19 bits per heavy atom. The van der Waals surface area contributed by atoms with Gasteiger partial charge >= 0.3 is 0 Å². The van der Waals surface area contributed by atoms with Gasteiger partial charge in [-0.2, -0.15) is 8.78 Å². The summed E-state index contributed by atoms with van der Waals surface area (Å²) in [7, 11) is 0. The molecule has 0 aliphatic carbocycles. The largest absolute Gasteiger partial charge is 0.325 e. The van der Waals surface area contributed by atoms with Crippen molar-refractivity contribution in [1.29, 1.82) is 0 Å². The fraction of sp³-hybridized carbons (Fsp3) is 0.400. The molecule has 0 aliphatic heterocycles. The van der Waals surface area contributed by atoms with Crippen molar-refractivity contribution < 1.29 is 17.6 Å². The molecule has 1 aromatic rings. The van der Waals surface area contributed by atoms with Crippen LogP contribution in [0.3, 0.4) is 0 Å². The fourth-order valence-corrected chi connectivity index (χ4v) is 1.72. The lowest BCUT2D eigenvalue weighted by Crippen LogP contribution is -2.24. The number of benzene rings is 1. The van der Waals surface area contributed by atoms with Gasteiger partial charge in [0.2, 0.25) is 6.43 Å². The van der Waals surface area contributed by atoms with Gasteiger partial charge in [0, 0.05) is 10.5 Å². The molecule has 0 aromatic heterocycles. The molecule has 90 valence electrons. The third-order valence-electron chi connectivity index (χ3n) is 1.91. The minimum Gasteiger partial charge on any atom is -0.325 e. The molecule has 0 radical (unpaired) electrons. The molecule has 0 fully saturated rings. The fourth-order valence-electron chi connectivity index (χ4n) is 1.07. The summed E-state index contributed by atoms with van der Waals surface area (Å²) in [5, 5.41) is 0. The van der Waals surface area contributed by atoms with E-state index in [0.717, 1.165) is 11.8 Å². The SMILES string of the molecule is NCC(F)(F)c1ccc(SCC(F)F)cc1. The van der Waals surface area contributed by atoms with Gasteiger partial charge in [-0.05, 0) is 12.1 Å². The summed E-state index contributed by atoms with van der Waals surface area (Å²) in [4.78, 5) is 0.539. The van der Waals surface area contributed by atoms with Crippen LogP contribution in [-0.2, 0) is 5.92 Å². The molecule has 0 atom stereocenters. The summed E-state index contributed by atoms with van der Waals surface area (Å²) in [6, 6.07) is 5.21.